The fraction of sp³-hybridized carbons (Fsp3) is 0.381. The summed E-state index contributed by atoms with van der Waals surface area (Å²) in [6.45, 7) is 5.33. The summed E-state index contributed by atoms with van der Waals surface area (Å²) in [4.78, 5) is 27.4. The average molecular weight is 432 g/mol. The van der Waals surface area contributed by atoms with Crippen molar-refractivity contribution >= 4 is 27.1 Å². The number of nitrogens with zero attached hydrogens (tertiary/aromatic N) is 3. The zero-order valence-electron chi connectivity index (χ0n) is 17.2. The minimum absolute atomic E-state index is 0.00673. The lowest BCUT2D eigenvalue weighted by atomic mass is 9.83. The summed E-state index contributed by atoms with van der Waals surface area (Å²) >= 11 is 0. The van der Waals surface area contributed by atoms with Crippen LogP contribution in [0.2, 0.25) is 0 Å². The average Bonchev–Trinajstić information content (AvgIpc) is 2.72. The van der Waals surface area contributed by atoms with Crippen molar-refractivity contribution in [3.8, 4) is 0 Å². The Labute approximate surface area is 176 Å². The van der Waals surface area contributed by atoms with Gasteiger partial charge in [0.15, 0.2) is 9.84 Å². The smallest absolute Gasteiger partial charge is 0.311 e. The Morgan fingerprint density at radius 2 is 1.60 bits per heavy atom. The fourth-order valence-electron chi connectivity index (χ4n) is 3.77. The van der Waals surface area contributed by atoms with Crippen molar-refractivity contribution in [3.63, 3.8) is 0 Å². The van der Waals surface area contributed by atoms with Crippen LogP contribution in [0.1, 0.15) is 19.4 Å². The number of hydrogen-bond donors (Lipinski definition) is 0. The van der Waals surface area contributed by atoms with Gasteiger partial charge in [-0.15, -0.1) is 0 Å². The van der Waals surface area contributed by atoms with E-state index in [-0.39, 0.29) is 16.5 Å². The number of rotatable bonds is 5. The molecule has 8 nitrogen and oxygen atoms in total. The third-order valence-corrected chi connectivity index (χ3v) is 6.63. The molecule has 0 saturated carbocycles. The van der Waals surface area contributed by atoms with Crippen molar-refractivity contribution in [2.75, 3.05) is 37.3 Å². The molecule has 1 heterocycles. The SMILES string of the molecule is CC(C)(C(=O)N1CCN(c2cccc(S(C)(=O)=O)c2[N+](=O)[O-])CC1)c1ccccc1. The van der Waals surface area contributed by atoms with E-state index in [1.165, 1.54) is 12.1 Å². The van der Waals surface area contributed by atoms with Gasteiger partial charge in [-0.3, -0.25) is 14.9 Å². The van der Waals surface area contributed by atoms with Crippen LogP contribution < -0.4 is 4.90 Å². The van der Waals surface area contributed by atoms with Gasteiger partial charge in [0.1, 0.15) is 10.6 Å². The Bertz CT molecular complexity index is 1060. The summed E-state index contributed by atoms with van der Waals surface area (Å²) in [7, 11) is -3.75. The van der Waals surface area contributed by atoms with Crippen LogP contribution in [0.5, 0.6) is 0 Å². The third-order valence-electron chi connectivity index (χ3n) is 5.50. The first-order valence-electron chi connectivity index (χ1n) is 9.61. The predicted octanol–water partition coefficient (Wildman–Crippen LogP) is 2.62. The molecule has 0 unspecified atom stereocenters. The molecule has 0 N–H and O–H groups in total. The first-order chi connectivity index (χ1) is 14.0. The van der Waals surface area contributed by atoms with Gasteiger partial charge in [-0.05, 0) is 31.5 Å². The van der Waals surface area contributed by atoms with Gasteiger partial charge in [-0.2, -0.15) is 0 Å². The highest BCUT2D eigenvalue weighted by Gasteiger charge is 2.36. The van der Waals surface area contributed by atoms with Crippen LogP contribution in [0.15, 0.2) is 53.4 Å². The van der Waals surface area contributed by atoms with Gasteiger partial charge < -0.3 is 9.80 Å². The lowest BCUT2D eigenvalue weighted by molar-refractivity contribution is -0.387. The molecular weight excluding hydrogens is 406 g/mol. The number of carbonyl (C=O) groups is 1. The molecule has 9 heteroatoms. The number of hydrogen-bond acceptors (Lipinski definition) is 6. The van der Waals surface area contributed by atoms with E-state index in [2.05, 4.69) is 0 Å². The number of nitro groups is 1. The standard InChI is InChI=1S/C21H25N3O5S/c1-21(2,16-8-5-4-6-9-16)20(25)23-14-12-22(13-15-23)17-10-7-11-18(30(3,28)29)19(17)24(26)27/h4-11H,12-15H2,1-3H3. The van der Waals surface area contributed by atoms with Crippen molar-refractivity contribution in [2.24, 2.45) is 0 Å². The highest BCUT2D eigenvalue weighted by Crippen LogP contribution is 2.35. The first kappa shape index (κ1) is 21.8. The summed E-state index contributed by atoms with van der Waals surface area (Å²) in [5.74, 6) is -0.00673. The summed E-state index contributed by atoms with van der Waals surface area (Å²) in [5, 5.41) is 11.6. The maximum Gasteiger partial charge on any atom is 0.311 e. The van der Waals surface area contributed by atoms with E-state index in [4.69, 9.17) is 0 Å². The van der Waals surface area contributed by atoms with Gasteiger partial charge >= 0.3 is 5.69 Å². The van der Waals surface area contributed by atoms with E-state index in [0.29, 0.717) is 26.2 Å². The monoisotopic (exact) mass is 431 g/mol. The van der Waals surface area contributed by atoms with E-state index in [1.807, 2.05) is 44.2 Å². The van der Waals surface area contributed by atoms with Gasteiger partial charge in [-0.1, -0.05) is 36.4 Å². The van der Waals surface area contributed by atoms with Gasteiger partial charge in [-0.25, -0.2) is 8.42 Å². The number of amides is 1. The third kappa shape index (κ3) is 4.16. The highest BCUT2D eigenvalue weighted by molar-refractivity contribution is 7.90. The summed E-state index contributed by atoms with van der Waals surface area (Å²) in [6, 6.07) is 13.9. The topological polar surface area (TPSA) is 101 Å². The largest absolute Gasteiger partial charge is 0.362 e. The molecule has 2 aromatic rings. The van der Waals surface area contributed by atoms with Crippen LogP contribution in [0.25, 0.3) is 0 Å². The highest BCUT2D eigenvalue weighted by atomic mass is 32.2. The van der Waals surface area contributed by atoms with E-state index >= 15 is 0 Å². The van der Waals surface area contributed by atoms with Crippen LogP contribution in [0.4, 0.5) is 11.4 Å². The predicted molar refractivity (Wildman–Crippen MR) is 114 cm³/mol. The maximum absolute atomic E-state index is 13.1. The molecular formula is C21H25N3O5S. The Hall–Kier alpha value is -2.94. The van der Waals surface area contributed by atoms with Gasteiger partial charge in [0.05, 0.1) is 10.3 Å². The Kier molecular flexibility index (Phi) is 5.85. The zero-order chi connectivity index (χ0) is 22.1. The lowest BCUT2D eigenvalue weighted by Gasteiger charge is -2.39. The van der Waals surface area contributed by atoms with Gasteiger partial charge in [0, 0.05) is 32.4 Å². The molecule has 3 rings (SSSR count). The molecule has 1 aliphatic heterocycles. The van der Waals surface area contributed by atoms with Crippen molar-refractivity contribution in [1.82, 2.24) is 4.90 Å². The van der Waals surface area contributed by atoms with Crippen molar-refractivity contribution < 1.29 is 18.1 Å². The molecule has 0 radical (unpaired) electrons. The molecule has 1 amide bonds. The second-order valence-electron chi connectivity index (χ2n) is 7.92. The molecule has 1 saturated heterocycles. The number of anilines is 1. The number of para-hydroxylation sites is 1. The Balaban J connectivity index is 1.81. The van der Waals surface area contributed by atoms with Crippen LogP contribution in [0.3, 0.4) is 0 Å². The summed E-state index contributed by atoms with van der Waals surface area (Å²) in [5.41, 5.74) is 0.0849. The summed E-state index contributed by atoms with van der Waals surface area (Å²) < 4.78 is 24.0. The molecule has 0 spiro atoms. The van der Waals surface area contributed by atoms with Crippen molar-refractivity contribution in [3.05, 3.63) is 64.2 Å². The van der Waals surface area contributed by atoms with E-state index in [1.54, 1.807) is 15.9 Å². The quantitative estimate of drug-likeness (QED) is 0.533. The fourth-order valence-corrected chi connectivity index (χ4v) is 4.63. The molecule has 30 heavy (non-hydrogen) atoms. The first-order valence-corrected chi connectivity index (χ1v) is 11.5. The van der Waals surface area contributed by atoms with Crippen LogP contribution in [0, 0.1) is 10.1 Å². The second-order valence-corrected chi connectivity index (χ2v) is 9.91. The molecule has 1 aliphatic rings. The molecule has 0 bridgehead atoms. The van der Waals surface area contributed by atoms with Crippen LogP contribution in [-0.4, -0.2) is 56.6 Å². The van der Waals surface area contributed by atoms with Crippen LogP contribution in [-0.2, 0) is 20.0 Å². The number of sulfone groups is 1. The minimum Gasteiger partial charge on any atom is -0.362 e. The van der Waals surface area contributed by atoms with E-state index in [9.17, 15) is 23.3 Å². The zero-order valence-corrected chi connectivity index (χ0v) is 18.1. The molecule has 0 aliphatic carbocycles. The lowest BCUT2D eigenvalue weighted by Crippen LogP contribution is -2.53. The second kappa shape index (κ2) is 8.06. The number of piperazine rings is 1. The normalized spacial score (nSPS) is 15.2. The molecule has 0 atom stereocenters. The summed E-state index contributed by atoms with van der Waals surface area (Å²) in [6.07, 6.45) is 0.960. The van der Waals surface area contributed by atoms with Gasteiger partial charge in [0.25, 0.3) is 0 Å². The van der Waals surface area contributed by atoms with Crippen molar-refractivity contribution in [1.29, 1.82) is 0 Å². The van der Waals surface area contributed by atoms with Gasteiger partial charge in [0.2, 0.25) is 5.91 Å². The Morgan fingerprint density at radius 1 is 1.00 bits per heavy atom. The van der Waals surface area contributed by atoms with E-state index in [0.717, 1.165) is 11.8 Å². The Morgan fingerprint density at radius 3 is 2.13 bits per heavy atom. The van der Waals surface area contributed by atoms with Crippen molar-refractivity contribution in [2.45, 2.75) is 24.2 Å². The number of carbonyl (C=O) groups excluding carboxylic acids is 1. The minimum atomic E-state index is -3.75. The maximum atomic E-state index is 13.1. The molecule has 1 fully saturated rings. The molecule has 2 aromatic carbocycles. The number of nitro benzene ring substituents is 1. The van der Waals surface area contributed by atoms with Crippen LogP contribution >= 0.6 is 0 Å². The molecule has 0 aromatic heterocycles. The number of benzene rings is 2. The van der Waals surface area contributed by atoms with E-state index < -0.39 is 25.9 Å². The molecule has 160 valence electrons.